The van der Waals surface area contributed by atoms with E-state index in [-0.39, 0.29) is 11.8 Å². The number of carbonyl (C=O) groups excluding carboxylic acids is 1. The molecule has 0 radical (unpaired) electrons. The van der Waals surface area contributed by atoms with Crippen LogP contribution in [-0.4, -0.2) is 28.5 Å². The summed E-state index contributed by atoms with van der Waals surface area (Å²) in [6.45, 7) is 0.876. The van der Waals surface area contributed by atoms with Crippen molar-refractivity contribution in [2.24, 2.45) is 5.92 Å². The molecular formula is C13H15NO2. The summed E-state index contributed by atoms with van der Waals surface area (Å²) < 4.78 is 0. The number of rotatable bonds is 2. The van der Waals surface area contributed by atoms with E-state index in [1.54, 1.807) is 0 Å². The van der Waals surface area contributed by atoms with Crippen molar-refractivity contribution >= 4 is 5.91 Å². The SMILES string of the molecule is O=C1[C@H]([C@@H](O)c2ccccc2)C[C@@H]2CCN12. The summed E-state index contributed by atoms with van der Waals surface area (Å²) in [7, 11) is 0. The van der Waals surface area contributed by atoms with E-state index in [9.17, 15) is 9.90 Å². The van der Waals surface area contributed by atoms with Crippen molar-refractivity contribution in [1.29, 1.82) is 0 Å². The number of carbonyl (C=O) groups is 1. The normalized spacial score (nSPS) is 29.8. The summed E-state index contributed by atoms with van der Waals surface area (Å²) >= 11 is 0. The van der Waals surface area contributed by atoms with Crippen molar-refractivity contribution < 1.29 is 9.90 Å². The molecule has 3 rings (SSSR count). The van der Waals surface area contributed by atoms with Gasteiger partial charge in [-0.3, -0.25) is 4.79 Å². The zero-order valence-corrected chi connectivity index (χ0v) is 9.04. The van der Waals surface area contributed by atoms with E-state index >= 15 is 0 Å². The van der Waals surface area contributed by atoms with E-state index in [1.807, 2.05) is 35.2 Å². The van der Waals surface area contributed by atoms with Gasteiger partial charge in [0.1, 0.15) is 0 Å². The molecule has 0 aliphatic carbocycles. The van der Waals surface area contributed by atoms with Gasteiger partial charge in [0.05, 0.1) is 12.0 Å². The largest absolute Gasteiger partial charge is 0.388 e. The second-order valence-corrected chi connectivity index (χ2v) is 4.67. The van der Waals surface area contributed by atoms with E-state index in [2.05, 4.69) is 0 Å². The lowest BCUT2D eigenvalue weighted by molar-refractivity contribution is -0.137. The van der Waals surface area contributed by atoms with Crippen molar-refractivity contribution in [3.8, 4) is 0 Å². The van der Waals surface area contributed by atoms with Crippen LogP contribution in [0.4, 0.5) is 0 Å². The van der Waals surface area contributed by atoms with Crippen LogP contribution in [0.25, 0.3) is 0 Å². The Balaban J connectivity index is 1.81. The van der Waals surface area contributed by atoms with E-state index < -0.39 is 6.10 Å². The third-order valence-electron chi connectivity index (χ3n) is 3.79. The zero-order valence-electron chi connectivity index (χ0n) is 9.04. The third-order valence-corrected chi connectivity index (χ3v) is 3.79. The first-order valence-corrected chi connectivity index (χ1v) is 5.81. The van der Waals surface area contributed by atoms with Gasteiger partial charge in [0, 0.05) is 12.6 Å². The quantitative estimate of drug-likeness (QED) is 0.812. The van der Waals surface area contributed by atoms with Crippen LogP contribution in [0, 0.1) is 5.92 Å². The van der Waals surface area contributed by atoms with Gasteiger partial charge in [0.15, 0.2) is 0 Å². The molecule has 3 heteroatoms. The Bertz CT molecular complexity index is 404. The summed E-state index contributed by atoms with van der Waals surface area (Å²) in [6, 6.07) is 9.87. The van der Waals surface area contributed by atoms with Crippen molar-refractivity contribution in [3.63, 3.8) is 0 Å². The van der Waals surface area contributed by atoms with E-state index in [4.69, 9.17) is 0 Å². The number of amides is 1. The minimum atomic E-state index is -0.640. The molecule has 84 valence electrons. The number of fused-ring (bicyclic) bond motifs is 1. The summed E-state index contributed by atoms with van der Waals surface area (Å²) in [5.74, 6) is -0.0949. The van der Waals surface area contributed by atoms with Crippen LogP contribution in [-0.2, 0) is 4.79 Å². The number of hydrogen-bond acceptors (Lipinski definition) is 2. The Hall–Kier alpha value is -1.35. The lowest BCUT2D eigenvalue weighted by Gasteiger charge is -2.34. The average Bonchev–Trinajstić information content (AvgIpc) is 2.49. The fourth-order valence-corrected chi connectivity index (χ4v) is 2.73. The maximum Gasteiger partial charge on any atom is 0.228 e. The number of nitrogens with zero attached hydrogens (tertiary/aromatic N) is 1. The fraction of sp³-hybridized carbons (Fsp3) is 0.462. The molecule has 2 aliphatic rings. The van der Waals surface area contributed by atoms with E-state index in [0.29, 0.717) is 6.04 Å². The molecule has 1 N–H and O–H groups in total. The molecule has 0 bridgehead atoms. The third kappa shape index (κ3) is 1.35. The Labute approximate surface area is 94.7 Å². The molecule has 1 amide bonds. The lowest BCUT2D eigenvalue weighted by atomic mass is 9.92. The first kappa shape index (κ1) is 9.85. The molecule has 3 nitrogen and oxygen atoms in total. The van der Waals surface area contributed by atoms with Crippen LogP contribution in [0.2, 0.25) is 0 Å². The Morgan fingerprint density at radius 1 is 1.31 bits per heavy atom. The second kappa shape index (κ2) is 3.59. The number of benzene rings is 1. The van der Waals surface area contributed by atoms with Crippen LogP contribution in [0.3, 0.4) is 0 Å². The second-order valence-electron chi connectivity index (χ2n) is 4.67. The number of aliphatic hydroxyl groups excluding tert-OH is 1. The van der Waals surface area contributed by atoms with Gasteiger partial charge in [-0.05, 0) is 18.4 Å². The van der Waals surface area contributed by atoms with E-state index in [0.717, 1.165) is 24.9 Å². The molecule has 0 spiro atoms. The topological polar surface area (TPSA) is 40.5 Å². The van der Waals surface area contributed by atoms with Crippen LogP contribution in [0.15, 0.2) is 30.3 Å². The molecular weight excluding hydrogens is 202 g/mol. The number of hydrogen-bond donors (Lipinski definition) is 1. The first-order chi connectivity index (χ1) is 7.77. The van der Waals surface area contributed by atoms with Gasteiger partial charge in [-0.25, -0.2) is 0 Å². The highest BCUT2D eigenvalue weighted by Crippen LogP contribution is 2.39. The fourth-order valence-electron chi connectivity index (χ4n) is 2.73. The molecule has 0 saturated carbocycles. The maximum absolute atomic E-state index is 11.9. The van der Waals surface area contributed by atoms with Gasteiger partial charge in [-0.15, -0.1) is 0 Å². The maximum atomic E-state index is 11.9. The van der Waals surface area contributed by atoms with Crippen molar-refractivity contribution in [2.75, 3.05) is 6.54 Å². The van der Waals surface area contributed by atoms with Crippen molar-refractivity contribution in [2.45, 2.75) is 25.0 Å². The van der Waals surface area contributed by atoms with Crippen LogP contribution >= 0.6 is 0 Å². The molecule has 0 aromatic heterocycles. The Morgan fingerprint density at radius 2 is 2.06 bits per heavy atom. The molecule has 16 heavy (non-hydrogen) atoms. The summed E-state index contributed by atoms with van der Waals surface area (Å²) in [4.78, 5) is 13.8. The smallest absolute Gasteiger partial charge is 0.228 e. The average molecular weight is 217 g/mol. The standard InChI is InChI=1S/C13H15NO2/c15-12(9-4-2-1-3-5-9)11-8-10-6-7-14(10)13(11)16/h1-5,10-12,15H,6-8H2/t10-,11-,12-/m0/s1. The number of aliphatic hydroxyl groups is 1. The van der Waals surface area contributed by atoms with Crippen molar-refractivity contribution in [3.05, 3.63) is 35.9 Å². The predicted molar refractivity (Wildman–Crippen MR) is 59.6 cm³/mol. The molecule has 1 aromatic carbocycles. The van der Waals surface area contributed by atoms with Crippen molar-refractivity contribution in [1.82, 2.24) is 4.90 Å². The minimum Gasteiger partial charge on any atom is -0.388 e. The molecule has 1 aromatic rings. The van der Waals surface area contributed by atoms with Crippen LogP contribution < -0.4 is 0 Å². The van der Waals surface area contributed by atoms with Gasteiger partial charge >= 0.3 is 0 Å². The van der Waals surface area contributed by atoms with E-state index in [1.165, 1.54) is 0 Å². The van der Waals surface area contributed by atoms with Crippen LogP contribution in [0.5, 0.6) is 0 Å². The van der Waals surface area contributed by atoms with Gasteiger partial charge < -0.3 is 10.0 Å². The molecule has 2 aliphatic heterocycles. The summed E-state index contributed by atoms with van der Waals surface area (Å²) in [5.41, 5.74) is 0.850. The van der Waals surface area contributed by atoms with Gasteiger partial charge in [-0.2, -0.15) is 0 Å². The zero-order chi connectivity index (χ0) is 11.1. The molecule has 2 saturated heterocycles. The van der Waals surface area contributed by atoms with Gasteiger partial charge in [0.25, 0.3) is 0 Å². The summed E-state index contributed by atoms with van der Waals surface area (Å²) in [6.07, 6.45) is 1.28. The molecule has 3 atom stereocenters. The van der Waals surface area contributed by atoms with Gasteiger partial charge in [-0.1, -0.05) is 30.3 Å². The highest BCUT2D eigenvalue weighted by molar-refractivity contribution is 5.83. The van der Waals surface area contributed by atoms with Gasteiger partial charge in [0.2, 0.25) is 5.91 Å². The molecule has 2 heterocycles. The van der Waals surface area contributed by atoms with Crippen LogP contribution in [0.1, 0.15) is 24.5 Å². The monoisotopic (exact) mass is 217 g/mol. The molecule has 2 fully saturated rings. The predicted octanol–water partition coefficient (Wildman–Crippen LogP) is 1.34. The Morgan fingerprint density at radius 3 is 2.56 bits per heavy atom. The lowest BCUT2D eigenvalue weighted by Crippen LogP contribution is -2.45. The summed E-state index contributed by atoms with van der Waals surface area (Å²) in [5, 5.41) is 10.2. The highest BCUT2D eigenvalue weighted by Gasteiger charge is 2.47. The highest BCUT2D eigenvalue weighted by atomic mass is 16.3. The minimum absolute atomic E-state index is 0.132. The first-order valence-electron chi connectivity index (χ1n) is 5.81. The Kier molecular flexibility index (Phi) is 2.21. The molecule has 0 unspecified atom stereocenters.